The van der Waals surface area contributed by atoms with E-state index < -0.39 is 190 Å². The molecule has 0 spiro atoms. The number of fused-ring (bicyclic) bond motifs is 1. The zero-order chi connectivity index (χ0) is 49.7. The van der Waals surface area contributed by atoms with E-state index in [1.165, 1.54) is 6.08 Å². The van der Waals surface area contributed by atoms with Crippen molar-refractivity contribution in [1.82, 2.24) is 0 Å². The van der Waals surface area contributed by atoms with Gasteiger partial charge in [-0.05, 0) is 44.4 Å². The molecule has 0 aromatic heterocycles. The zero-order valence-corrected chi connectivity index (χ0v) is 36.6. The minimum Gasteiger partial charge on any atom is -0.481 e. The van der Waals surface area contributed by atoms with Gasteiger partial charge >= 0.3 is 29.8 Å². The van der Waals surface area contributed by atoms with Crippen LogP contribution in [0.3, 0.4) is 0 Å². The molecular formula is C42H63O26+. The van der Waals surface area contributed by atoms with Crippen molar-refractivity contribution in [3.63, 3.8) is 0 Å². The molecule has 0 bridgehead atoms. The standard InChI is InChI=1S/C42H62O26/c43-17-8-23-18(24(9-17)64-42-38(60)36(58)40(68-32(54)12-29(50)51)27(67-42)14-62-31(53)11-28(48)49)10-25(39(63-23)16-6-21(46)33(55)22(47)7-16)65-41-37(59)35(57)34(56)26(66-41)13-61-30(52)4-2-15-1-3-19(44)20(45)5-15/h2,4,15-27,33-47,55-60H,1,3,5-14H2,(H,48,49)(H,50,51)/p+1. The fourth-order valence-electron chi connectivity index (χ4n) is 9.93. The number of esters is 3. The quantitative estimate of drug-likeness (QED) is 0.0225. The number of aliphatic carboxylic acids is 2. The van der Waals surface area contributed by atoms with Gasteiger partial charge in [0.2, 0.25) is 0 Å². The topological polar surface area (TPSA) is 426 Å². The molecule has 21 atom stereocenters. The van der Waals surface area contributed by atoms with E-state index in [1.807, 2.05) is 0 Å². The number of carboxylic acid groups (broad SMARTS) is 2. The summed E-state index contributed by atoms with van der Waals surface area (Å²) in [6.45, 7) is -1.51. The normalized spacial score (nSPS) is 44.3. The lowest BCUT2D eigenvalue weighted by Gasteiger charge is -2.50. The van der Waals surface area contributed by atoms with Gasteiger partial charge in [-0.25, -0.2) is 4.79 Å². The summed E-state index contributed by atoms with van der Waals surface area (Å²) in [5, 5.41) is 136. The van der Waals surface area contributed by atoms with E-state index in [0.717, 1.165) is 6.08 Å². The molecule has 0 aromatic carbocycles. The summed E-state index contributed by atoms with van der Waals surface area (Å²) in [5.74, 6) is -8.36. The third-order valence-electron chi connectivity index (χ3n) is 13.5. The van der Waals surface area contributed by atoms with E-state index in [0.29, 0.717) is 12.8 Å². The number of hydrogen-bond donors (Lipinski definition) is 13. The van der Waals surface area contributed by atoms with Crippen molar-refractivity contribution in [3.05, 3.63) is 12.2 Å². The molecule has 6 rings (SSSR count). The van der Waals surface area contributed by atoms with Gasteiger partial charge < -0.3 is 104 Å². The van der Waals surface area contributed by atoms with Gasteiger partial charge in [-0.3, -0.25) is 19.2 Å². The molecular weight excluding hydrogens is 920 g/mol. The van der Waals surface area contributed by atoms with Crippen molar-refractivity contribution in [2.45, 2.75) is 187 Å². The number of carbonyl (C=O) groups is 5. The van der Waals surface area contributed by atoms with Crippen LogP contribution >= 0.6 is 0 Å². The van der Waals surface area contributed by atoms with Gasteiger partial charge in [0, 0.05) is 24.8 Å². The number of carboxylic acids is 2. The lowest BCUT2D eigenvalue weighted by molar-refractivity contribution is -0.368. The van der Waals surface area contributed by atoms with Crippen LogP contribution in [0.15, 0.2) is 12.2 Å². The molecule has 14 N–H and O–H groups in total. The molecule has 0 radical (unpaired) electrons. The van der Waals surface area contributed by atoms with Crippen LogP contribution in [0.4, 0.5) is 0 Å². The molecule has 3 heterocycles. The Morgan fingerprint density at radius 2 is 1.18 bits per heavy atom. The summed E-state index contributed by atoms with van der Waals surface area (Å²) in [6.07, 6.45) is -28.6. The highest BCUT2D eigenvalue weighted by Crippen LogP contribution is 2.44. The summed E-state index contributed by atoms with van der Waals surface area (Å²) in [7, 11) is 0. The van der Waals surface area contributed by atoms with E-state index in [4.69, 9.17) is 48.1 Å². The summed E-state index contributed by atoms with van der Waals surface area (Å²) in [5.41, 5.74) is 0. The average Bonchev–Trinajstić information content (AvgIpc) is 3.26. The van der Waals surface area contributed by atoms with Crippen LogP contribution in [0.25, 0.3) is 0 Å². The molecule has 6 fully saturated rings. The second-order valence-corrected chi connectivity index (χ2v) is 18.5. The smallest absolute Gasteiger partial charge is 0.330 e. The fourth-order valence-corrected chi connectivity index (χ4v) is 9.93. The monoisotopic (exact) mass is 983 g/mol. The number of rotatable bonds is 16. The first-order valence-corrected chi connectivity index (χ1v) is 22.5. The van der Waals surface area contributed by atoms with Gasteiger partial charge in [-0.15, -0.1) is 0 Å². The minimum absolute atomic E-state index is 0.0350. The van der Waals surface area contributed by atoms with Crippen molar-refractivity contribution in [2.24, 2.45) is 17.8 Å². The molecule has 26 nitrogen and oxygen atoms in total. The maximum atomic E-state index is 12.7. The minimum atomic E-state index is -2.08. The molecule has 386 valence electrons. The Balaban J connectivity index is 1.20. The van der Waals surface area contributed by atoms with E-state index in [-0.39, 0.29) is 44.4 Å². The molecule has 0 amide bonds. The Labute approximate surface area is 387 Å². The van der Waals surface area contributed by atoms with E-state index in [9.17, 15) is 80.1 Å². The highest BCUT2D eigenvalue weighted by atomic mass is 16.7. The van der Waals surface area contributed by atoms with Crippen LogP contribution in [0.5, 0.6) is 0 Å². The molecule has 3 saturated carbocycles. The van der Waals surface area contributed by atoms with Gasteiger partial charge in [0.05, 0.1) is 42.5 Å². The average molecular weight is 984 g/mol. The van der Waals surface area contributed by atoms with Gasteiger partial charge in [0.25, 0.3) is 0 Å². The number of allylic oxidation sites excluding steroid dienone is 1. The van der Waals surface area contributed by atoms with Gasteiger partial charge in [-0.2, -0.15) is 0 Å². The number of aliphatic hydroxyl groups excluding tert-OH is 11. The predicted octanol–water partition coefficient (Wildman–Crippen LogP) is -6.03. The maximum absolute atomic E-state index is 12.7. The molecule has 21 unspecified atom stereocenters. The molecule has 68 heavy (non-hydrogen) atoms. The van der Waals surface area contributed by atoms with Gasteiger partial charge in [-0.1, -0.05) is 6.08 Å². The molecule has 26 heteroatoms. The van der Waals surface area contributed by atoms with Crippen molar-refractivity contribution < 1.29 is 128 Å². The Morgan fingerprint density at radius 1 is 0.574 bits per heavy atom. The molecule has 6 aliphatic rings. The Hall–Kier alpha value is -3.55. The maximum Gasteiger partial charge on any atom is 0.330 e. The van der Waals surface area contributed by atoms with Crippen LogP contribution in [0.1, 0.15) is 64.2 Å². The number of hydrogen-bond acceptors (Lipinski definition) is 23. The number of carbonyl (C=O) groups excluding carboxylic acids is 3. The third kappa shape index (κ3) is 13.4. The first-order chi connectivity index (χ1) is 32.1. The molecule has 3 saturated heterocycles. The predicted molar refractivity (Wildman–Crippen MR) is 216 cm³/mol. The van der Waals surface area contributed by atoms with Crippen LogP contribution in [-0.4, -0.2) is 237 Å². The Bertz CT molecular complexity index is 1750. The SMILES string of the molecule is O=C(O)CC(=O)OCC1OC(OC2CC(O)CC3[OH+]C(C4CC(O)C(O)C(O)C4)C(OC4OC(COC(=O)C=CC5CCC(O)C(O)C5)C(O)C(O)C4O)CC23)C(O)C(O)C1OC(=O)CC(=O)O. The summed E-state index contributed by atoms with van der Waals surface area (Å²) < 4.78 is 44.6. The fraction of sp³-hybridized carbons (Fsp3) is 0.833. The van der Waals surface area contributed by atoms with Crippen molar-refractivity contribution in [1.29, 1.82) is 0 Å². The second-order valence-electron chi connectivity index (χ2n) is 18.5. The molecule has 3 aliphatic heterocycles. The molecule has 3 aliphatic carbocycles. The van der Waals surface area contributed by atoms with Crippen LogP contribution in [0, 0.1) is 17.8 Å². The van der Waals surface area contributed by atoms with E-state index >= 15 is 0 Å². The Morgan fingerprint density at radius 3 is 1.82 bits per heavy atom. The summed E-state index contributed by atoms with van der Waals surface area (Å²) in [4.78, 5) is 59.4. The van der Waals surface area contributed by atoms with Crippen molar-refractivity contribution >= 4 is 29.8 Å². The van der Waals surface area contributed by atoms with Crippen molar-refractivity contribution in [3.8, 4) is 0 Å². The first kappa shape index (κ1) is 53.8. The van der Waals surface area contributed by atoms with E-state index in [2.05, 4.69) is 0 Å². The zero-order valence-electron chi connectivity index (χ0n) is 36.6. The number of aliphatic hydroxyl groups is 13. The van der Waals surface area contributed by atoms with Crippen LogP contribution in [-0.2, 0) is 57.1 Å². The highest BCUT2D eigenvalue weighted by Gasteiger charge is 2.58. The second kappa shape index (κ2) is 23.6. The summed E-state index contributed by atoms with van der Waals surface area (Å²) >= 11 is 0. The van der Waals surface area contributed by atoms with Gasteiger partial charge in [0.15, 0.2) is 30.9 Å². The Kier molecular flexibility index (Phi) is 18.7. The third-order valence-corrected chi connectivity index (χ3v) is 13.5. The van der Waals surface area contributed by atoms with Gasteiger partial charge in [0.1, 0.15) is 81.0 Å². The van der Waals surface area contributed by atoms with Crippen molar-refractivity contribution in [2.75, 3.05) is 13.2 Å². The molecule has 0 aromatic rings. The largest absolute Gasteiger partial charge is 0.481 e. The summed E-state index contributed by atoms with van der Waals surface area (Å²) in [6, 6.07) is 0. The lowest BCUT2D eigenvalue weighted by atomic mass is 9.72. The van der Waals surface area contributed by atoms with Crippen LogP contribution in [0.2, 0.25) is 0 Å². The number of ether oxygens (including phenoxy) is 8. The lowest BCUT2D eigenvalue weighted by Crippen LogP contribution is -2.65. The highest BCUT2D eigenvalue weighted by molar-refractivity contribution is 5.90. The van der Waals surface area contributed by atoms with E-state index in [1.54, 1.807) is 0 Å². The van der Waals surface area contributed by atoms with Crippen LogP contribution < -0.4 is 0 Å². The first-order valence-electron chi connectivity index (χ1n) is 22.5.